The largest absolute Gasteiger partial charge is 0.486 e. The summed E-state index contributed by atoms with van der Waals surface area (Å²) >= 11 is 9.46. The van der Waals surface area contributed by atoms with Gasteiger partial charge in [-0.1, -0.05) is 33.6 Å². The number of aryl methyl sites for hydroxylation is 1. The van der Waals surface area contributed by atoms with E-state index < -0.39 is 0 Å². The van der Waals surface area contributed by atoms with Gasteiger partial charge in [0.05, 0.1) is 12.4 Å². The highest BCUT2D eigenvalue weighted by molar-refractivity contribution is 9.10. The molecule has 1 aromatic carbocycles. The Morgan fingerprint density at radius 1 is 1.47 bits per heavy atom. The molecule has 17 heavy (non-hydrogen) atoms. The normalized spacial score (nSPS) is 10.5. The topological polar surface area (TPSA) is 27.1 Å². The Kier molecular flexibility index (Phi) is 4.07. The van der Waals surface area contributed by atoms with Crippen molar-refractivity contribution in [3.8, 4) is 5.75 Å². The summed E-state index contributed by atoms with van der Waals surface area (Å²) in [5, 5.41) is 4.83. The molecule has 2 aromatic rings. The number of halogens is 2. The van der Waals surface area contributed by atoms with E-state index >= 15 is 0 Å². The summed E-state index contributed by atoms with van der Waals surface area (Å²) in [6, 6.07) is 5.74. The second-order valence-electron chi connectivity index (χ2n) is 3.56. The molecular weight excluding hydrogens is 304 g/mol. The van der Waals surface area contributed by atoms with Gasteiger partial charge >= 0.3 is 0 Å². The summed E-state index contributed by atoms with van der Waals surface area (Å²) in [5.41, 5.74) is 0.958. The first-order valence-electron chi connectivity index (χ1n) is 5.28. The van der Waals surface area contributed by atoms with Crippen molar-refractivity contribution in [2.45, 2.75) is 20.1 Å². The molecule has 0 aliphatic rings. The Labute approximate surface area is 113 Å². The van der Waals surface area contributed by atoms with E-state index in [4.69, 9.17) is 16.3 Å². The second-order valence-corrected chi connectivity index (χ2v) is 4.88. The highest BCUT2D eigenvalue weighted by Gasteiger charge is 2.03. The van der Waals surface area contributed by atoms with Crippen LogP contribution in [0.5, 0.6) is 5.75 Å². The van der Waals surface area contributed by atoms with Crippen molar-refractivity contribution in [2.75, 3.05) is 0 Å². The second kappa shape index (κ2) is 5.56. The van der Waals surface area contributed by atoms with Gasteiger partial charge in [-0.3, -0.25) is 4.68 Å². The lowest BCUT2D eigenvalue weighted by Gasteiger charge is -2.05. The van der Waals surface area contributed by atoms with Gasteiger partial charge in [-0.15, -0.1) is 0 Å². The van der Waals surface area contributed by atoms with Crippen LogP contribution in [0.2, 0.25) is 5.02 Å². The van der Waals surface area contributed by atoms with Gasteiger partial charge in [-0.05, 0) is 19.1 Å². The van der Waals surface area contributed by atoms with E-state index in [1.54, 1.807) is 6.20 Å². The van der Waals surface area contributed by atoms with E-state index in [2.05, 4.69) is 21.0 Å². The molecule has 0 amide bonds. The lowest BCUT2D eigenvalue weighted by molar-refractivity contribution is 0.306. The fourth-order valence-electron chi connectivity index (χ4n) is 1.39. The molecule has 0 saturated carbocycles. The van der Waals surface area contributed by atoms with Gasteiger partial charge in [0.25, 0.3) is 0 Å². The summed E-state index contributed by atoms with van der Waals surface area (Å²) in [4.78, 5) is 0. The molecule has 0 fully saturated rings. The van der Waals surface area contributed by atoms with Crippen LogP contribution in [0.1, 0.15) is 12.5 Å². The van der Waals surface area contributed by atoms with Crippen LogP contribution in [0, 0.1) is 0 Å². The van der Waals surface area contributed by atoms with Crippen LogP contribution in [-0.2, 0) is 13.2 Å². The summed E-state index contributed by atoms with van der Waals surface area (Å²) in [5.74, 6) is 0.755. The first-order valence-corrected chi connectivity index (χ1v) is 6.45. The third kappa shape index (κ3) is 3.23. The van der Waals surface area contributed by atoms with Crippen molar-refractivity contribution in [1.82, 2.24) is 9.78 Å². The van der Waals surface area contributed by atoms with Gasteiger partial charge in [-0.25, -0.2) is 0 Å². The van der Waals surface area contributed by atoms with Crippen molar-refractivity contribution in [1.29, 1.82) is 0 Å². The smallest absolute Gasteiger partial charge is 0.157 e. The molecule has 0 aliphatic heterocycles. The van der Waals surface area contributed by atoms with E-state index in [1.807, 2.05) is 36.0 Å². The monoisotopic (exact) mass is 314 g/mol. The standard InChI is InChI=1S/C12H12BrClN2O/c1-2-16-7-11(6-15-16)17-8-9-3-4-10(13)5-12(9)14/h3-7H,2,8H2,1H3. The zero-order valence-electron chi connectivity index (χ0n) is 9.36. The third-order valence-corrected chi connectivity index (χ3v) is 3.19. The Hall–Kier alpha value is -1.00. The van der Waals surface area contributed by atoms with Gasteiger partial charge in [0.15, 0.2) is 5.75 Å². The van der Waals surface area contributed by atoms with Crippen molar-refractivity contribution < 1.29 is 4.74 Å². The summed E-state index contributed by atoms with van der Waals surface area (Å²) in [7, 11) is 0. The van der Waals surface area contributed by atoms with Crippen LogP contribution in [0.3, 0.4) is 0 Å². The Morgan fingerprint density at radius 3 is 2.94 bits per heavy atom. The number of aromatic nitrogens is 2. The molecule has 2 rings (SSSR count). The minimum absolute atomic E-state index is 0.446. The van der Waals surface area contributed by atoms with Gasteiger partial charge in [-0.2, -0.15) is 5.10 Å². The zero-order valence-corrected chi connectivity index (χ0v) is 11.7. The molecule has 0 bridgehead atoms. The van der Waals surface area contributed by atoms with Crippen molar-refractivity contribution in [3.05, 3.63) is 45.7 Å². The van der Waals surface area contributed by atoms with E-state index in [0.717, 1.165) is 22.3 Å². The Morgan fingerprint density at radius 2 is 2.29 bits per heavy atom. The van der Waals surface area contributed by atoms with Crippen LogP contribution in [0.25, 0.3) is 0 Å². The van der Waals surface area contributed by atoms with E-state index in [0.29, 0.717) is 11.6 Å². The van der Waals surface area contributed by atoms with Gasteiger partial charge in [0.2, 0.25) is 0 Å². The van der Waals surface area contributed by atoms with Crippen LogP contribution >= 0.6 is 27.5 Å². The molecular formula is C12H12BrClN2O. The average molecular weight is 316 g/mol. The van der Waals surface area contributed by atoms with Crippen LogP contribution < -0.4 is 4.74 Å². The number of rotatable bonds is 4. The lowest BCUT2D eigenvalue weighted by atomic mass is 10.2. The first-order chi connectivity index (χ1) is 8.19. The number of ether oxygens (including phenoxy) is 1. The van der Waals surface area contributed by atoms with Crippen molar-refractivity contribution in [2.24, 2.45) is 0 Å². The summed E-state index contributed by atoms with van der Waals surface area (Å²) in [6.07, 6.45) is 3.57. The maximum atomic E-state index is 6.10. The van der Waals surface area contributed by atoms with Crippen LogP contribution in [0.4, 0.5) is 0 Å². The summed E-state index contributed by atoms with van der Waals surface area (Å²) in [6.45, 7) is 3.31. The zero-order chi connectivity index (χ0) is 12.3. The molecule has 0 unspecified atom stereocenters. The average Bonchev–Trinajstić information content (AvgIpc) is 2.76. The Balaban J connectivity index is 2.02. The molecule has 1 aromatic heterocycles. The molecule has 5 heteroatoms. The fraction of sp³-hybridized carbons (Fsp3) is 0.250. The van der Waals surface area contributed by atoms with Gasteiger partial charge < -0.3 is 4.74 Å². The van der Waals surface area contributed by atoms with Gasteiger partial charge in [0.1, 0.15) is 6.61 Å². The molecule has 0 spiro atoms. The molecule has 3 nitrogen and oxygen atoms in total. The van der Waals surface area contributed by atoms with Crippen molar-refractivity contribution >= 4 is 27.5 Å². The molecule has 0 N–H and O–H groups in total. The maximum absolute atomic E-state index is 6.10. The number of hydrogen-bond acceptors (Lipinski definition) is 2. The Bertz CT molecular complexity index is 513. The van der Waals surface area contributed by atoms with E-state index in [-0.39, 0.29) is 0 Å². The maximum Gasteiger partial charge on any atom is 0.157 e. The lowest BCUT2D eigenvalue weighted by Crippen LogP contribution is -1.96. The third-order valence-electron chi connectivity index (χ3n) is 2.34. The van der Waals surface area contributed by atoms with Crippen LogP contribution in [0.15, 0.2) is 35.1 Å². The molecule has 0 atom stereocenters. The minimum atomic E-state index is 0.446. The number of benzene rings is 1. The summed E-state index contributed by atoms with van der Waals surface area (Å²) < 4.78 is 8.39. The van der Waals surface area contributed by atoms with Gasteiger partial charge in [0, 0.05) is 21.6 Å². The number of nitrogens with zero attached hydrogens (tertiary/aromatic N) is 2. The molecule has 1 heterocycles. The highest BCUT2D eigenvalue weighted by atomic mass is 79.9. The fourth-order valence-corrected chi connectivity index (χ4v) is 2.12. The van der Waals surface area contributed by atoms with E-state index in [9.17, 15) is 0 Å². The number of hydrogen-bond donors (Lipinski definition) is 0. The molecule has 0 radical (unpaired) electrons. The first kappa shape index (κ1) is 12.5. The quantitative estimate of drug-likeness (QED) is 0.855. The SMILES string of the molecule is CCn1cc(OCc2ccc(Br)cc2Cl)cn1. The molecule has 0 saturated heterocycles. The van der Waals surface area contributed by atoms with Crippen LogP contribution in [-0.4, -0.2) is 9.78 Å². The minimum Gasteiger partial charge on any atom is -0.486 e. The van der Waals surface area contributed by atoms with Crippen molar-refractivity contribution in [3.63, 3.8) is 0 Å². The predicted octanol–water partition coefficient (Wildman–Crippen LogP) is 3.90. The highest BCUT2D eigenvalue weighted by Crippen LogP contribution is 2.22. The predicted molar refractivity (Wildman–Crippen MR) is 71.4 cm³/mol. The van der Waals surface area contributed by atoms with E-state index in [1.165, 1.54) is 0 Å². The molecule has 0 aliphatic carbocycles. The molecule has 90 valence electrons.